The maximum atomic E-state index is 11.2. The molecule has 0 radical (unpaired) electrons. The summed E-state index contributed by atoms with van der Waals surface area (Å²) in [6.45, 7) is 5.12. The summed E-state index contributed by atoms with van der Waals surface area (Å²) in [5, 5.41) is 8.66. The van der Waals surface area contributed by atoms with E-state index in [9.17, 15) is 9.59 Å². The second-order valence-corrected chi connectivity index (χ2v) is 2.85. The molecule has 0 heterocycles. The molecule has 0 aromatic rings. The third-order valence-electron chi connectivity index (χ3n) is 1.47. The molecule has 0 bridgehead atoms. The van der Waals surface area contributed by atoms with E-state index in [1.54, 1.807) is 13.8 Å². The number of carbonyl (C=O) groups is 2. The molecule has 0 atom stereocenters. The van der Waals surface area contributed by atoms with E-state index >= 15 is 0 Å². The lowest BCUT2D eigenvalue weighted by molar-refractivity contribution is -0.134. The van der Waals surface area contributed by atoms with Gasteiger partial charge in [-0.25, -0.2) is 4.79 Å². The molecule has 68 valence electrons. The van der Waals surface area contributed by atoms with E-state index in [0.29, 0.717) is 18.4 Å². The van der Waals surface area contributed by atoms with Gasteiger partial charge in [0.2, 0.25) is 0 Å². The molecule has 3 nitrogen and oxygen atoms in total. The van der Waals surface area contributed by atoms with Crippen LogP contribution in [0.5, 0.6) is 0 Å². The highest BCUT2D eigenvalue weighted by Crippen LogP contribution is 2.08. The molecular weight excluding hydrogens is 156 g/mol. The maximum Gasteiger partial charge on any atom is 0.339 e. The average Bonchev–Trinajstić information content (AvgIpc) is 1.85. The van der Waals surface area contributed by atoms with Crippen LogP contribution < -0.4 is 0 Å². The Morgan fingerprint density at radius 3 is 2.00 bits per heavy atom. The van der Waals surface area contributed by atoms with Crippen molar-refractivity contribution in [2.75, 3.05) is 0 Å². The molecule has 0 aromatic carbocycles. The predicted octanol–water partition coefficient (Wildman–Crippen LogP) is 1.78. The zero-order valence-corrected chi connectivity index (χ0v) is 7.68. The minimum absolute atomic E-state index is 0.0585. The average molecular weight is 170 g/mol. The first kappa shape index (κ1) is 10.9. The zero-order chi connectivity index (χ0) is 9.72. The van der Waals surface area contributed by atoms with Crippen LogP contribution in [0.15, 0.2) is 11.1 Å². The third kappa shape index (κ3) is 2.86. The van der Waals surface area contributed by atoms with Gasteiger partial charge in [0, 0.05) is 6.42 Å². The van der Waals surface area contributed by atoms with E-state index < -0.39 is 5.97 Å². The van der Waals surface area contributed by atoms with Crippen molar-refractivity contribution in [1.82, 2.24) is 0 Å². The number of hydrogen-bond donors (Lipinski definition) is 1. The number of carbonyl (C=O) groups excluding carboxylic acids is 1. The van der Waals surface area contributed by atoms with E-state index in [2.05, 4.69) is 0 Å². The lowest BCUT2D eigenvalue weighted by Gasteiger charge is -2.01. The highest BCUT2D eigenvalue weighted by atomic mass is 16.4. The van der Waals surface area contributed by atoms with Gasteiger partial charge in [-0.3, -0.25) is 4.79 Å². The largest absolute Gasteiger partial charge is 0.478 e. The predicted molar refractivity (Wildman–Crippen MR) is 45.9 cm³/mol. The van der Waals surface area contributed by atoms with Gasteiger partial charge in [0.05, 0.1) is 0 Å². The maximum absolute atomic E-state index is 11.2. The first-order valence-electron chi connectivity index (χ1n) is 3.94. The molecule has 0 saturated carbocycles. The zero-order valence-electron chi connectivity index (χ0n) is 7.68. The van der Waals surface area contributed by atoms with Crippen LogP contribution >= 0.6 is 0 Å². The number of hydrogen-bond acceptors (Lipinski definition) is 2. The molecule has 0 aliphatic carbocycles. The number of rotatable bonds is 4. The summed E-state index contributed by atoms with van der Waals surface area (Å²) in [4.78, 5) is 21.8. The van der Waals surface area contributed by atoms with Gasteiger partial charge in [-0.05, 0) is 20.3 Å². The second kappa shape index (κ2) is 4.70. The summed E-state index contributed by atoms with van der Waals surface area (Å²) in [6.07, 6.45) is 0.996. The number of carboxylic acids is 1. The summed E-state index contributed by atoms with van der Waals surface area (Å²) >= 11 is 0. The van der Waals surface area contributed by atoms with Crippen molar-refractivity contribution in [3.8, 4) is 0 Å². The number of aliphatic carboxylic acids is 1. The molecule has 0 amide bonds. The van der Waals surface area contributed by atoms with Gasteiger partial charge >= 0.3 is 5.97 Å². The number of allylic oxidation sites excluding steroid dienone is 1. The van der Waals surface area contributed by atoms with Crippen LogP contribution in [0.25, 0.3) is 0 Å². The molecule has 0 saturated heterocycles. The minimum Gasteiger partial charge on any atom is -0.478 e. The molecule has 3 heteroatoms. The Morgan fingerprint density at radius 1 is 1.25 bits per heavy atom. The molecule has 0 fully saturated rings. The van der Waals surface area contributed by atoms with Gasteiger partial charge in [-0.1, -0.05) is 12.5 Å². The van der Waals surface area contributed by atoms with Gasteiger partial charge < -0.3 is 5.11 Å². The molecule has 0 aliphatic rings. The summed E-state index contributed by atoms with van der Waals surface area (Å²) in [6, 6.07) is 0. The van der Waals surface area contributed by atoms with E-state index in [0.717, 1.165) is 0 Å². The van der Waals surface area contributed by atoms with Crippen molar-refractivity contribution in [3.63, 3.8) is 0 Å². The number of Topliss-reactive ketones (excluding diaryl/α,β-unsaturated/α-hetero) is 1. The smallest absolute Gasteiger partial charge is 0.339 e. The van der Waals surface area contributed by atoms with Gasteiger partial charge in [0.1, 0.15) is 5.57 Å². The van der Waals surface area contributed by atoms with E-state index in [1.807, 2.05) is 6.92 Å². The third-order valence-corrected chi connectivity index (χ3v) is 1.47. The topological polar surface area (TPSA) is 54.4 Å². The van der Waals surface area contributed by atoms with Crippen molar-refractivity contribution < 1.29 is 14.7 Å². The summed E-state index contributed by atoms with van der Waals surface area (Å²) < 4.78 is 0. The molecule has 0 rings (SSSR count). The quantitative estimate of drug-likeness (QED) is 0.397. The fourth-order valence-electron chi connectivity index (χ4n) is 0.964. The summed E-state index contributed by atoms with van der Waals surface area (Å²) in [7, 11) is 0. The lowest BCUT2D eigenvalue weighted by atomic mass is 10.0. The minimum atomic E-state index is -1.12. The number of ketones is 1. The monoisotopic (exact) mass is 170 g/mol. The van der Waals surface area contributed by atoms with Gasteiger partial charge in [0.25, 0.3) is 0 Å². The van der Waals surface area contributed by atoms with Crippen LogP contribution in [0, 0.1) is 0 Å². The van der Waals surface area contributed by atoms with Gasteiger partial charge in [0.15, 0.2) is 5.78 Å². The summed E-state index contributed by atoms with van der Waals surface area (Å²) in [5.41, 5.74) is 0.512. The van der Waals surface area contributed by atoms with Crippen molar-refractivity contribution in [3.05, 3.63) is 11.1 Å². The van der Waals surface area contributed by atoms with Crippen molar-refractivity contribution in [2.45, 2.75) is 33.6 Å². The normalized spacial score (nSPS) is 9.25. The van der Waals surface area contributed by atoms with E-state index in [-0.39, 0.29) is 11.4 Å². The first-order chi connectivity index (χ1) is 5.50. The SMILES string of the molecule is CCCC(=O)C(C(=O)O)=C(C)C. The summed E-state index contributed by atoms with van der Waals surface area (Å²) in [5.74, 6) is -1.39. The Bertz CT molecular complexity index is 222. The van der Waals surface area contributed by atoms with E-state index in [1.165, 1.54) is 0 Å². The van der Waals surface area contributed by atoms with Crippen molar-refractivity contribution >= 4 is 11.8 Å². The molecule has 12 heavy (non-hydrogen) atoms. The van der Waals surface area contributed by atoms with E-state index in [4.69, 9.17) is 5.11 Å². The Hall–Kier alpha value is -1.12. The molecule has 0 unspecified atom stereocenters. The fourth-order valence-corrected chi connectivity index (χ4v) is 0.964. The van der Waals surface area contributed by atoms with Crippen LogP contribution in [-0.4, -0.2) is 16.9 Å². The Kier molecular flexibility index (Phi) is 4.26. The standard InChI is InChI=1S/C9H14O3/c1-4-5-7(10)8(6(2)3)9(11)12/h4-5H2,1-3H3,(H,11,12). The second-order valence-electron chi connectivity index (χ2n) is 2.85. The fraction of sp³-hybridized carbons (Fsp3) is 0.556. The van der Waals surface area contributed by atoms with Crippen LogP contribution in [0.3, 0.4) is 0 Å². The molecule has 0 aromatic heterocycles. The van der Waals surface area contributed by atoms with Crippen LogP contribution in [0.2, 0.25) is 0 Å². The highest BCUT2D eigenvalue weighted by molar-refractivity contribution is 6.17. The lowest BCUT2D eigenvalue weighted by Crippen LogP contribution is -2.13. The van der Waals surface area contributed by atoms with Gasteiger partial charge in [-0.2, -0.15) is 0 Å². The van der Waals surface area contributed by atoms with Crippen LogP contribution in [0.4, 0.5) is 0 Å². The Balaban J connectivity index is 4.67. The Morgan fingerprint density at radius 2 is 1.75 bits per heavy atom. The van der Waals surface area contributed by atoms with Crippen molar-refractivity contribution in [2.24, 2.45) is 0 Å². The van der Waals surface area contributed by atoms with Crippen LogP contribution in [-0.2, 0) is 9.59 Å². The molecule has 1 N–H and O–H groups in total. The molecular formula is C9H14O3. The van der Waals surface area contributed by atoms with Gasteiger partial charge in [-0.15, -0.1) is 0 Å². The number of carboxylic acid groups (broad SMARTS) is 1. The van der Waals surface area contributed by atoms with Crippen LogP contribution in [0.1, 0.15) is 33.6 Å². The highest BCUT2D eigenvalue weighted by Gasteiger charge is 2.17. The first-order valence-corrected chi connectivity index (χ1v) is 3.94. The molecule has 0 spiro atoms. The van der Waals surface area contributed by atoms with Crippen molar-refractivity contribution in [1.29, 1.82) is 0 Å². The molecule has 0 aliphatic heterocycles. The Labute approximate surface area is 72.1 Å².